The molecule has 41 heavy (non-hydrogen) atoms. The number of nitrogens with zero attached hydrogens (tertiary/aromatic N) is 4. The third-order valence-electron chi connectivity index (χ3n) is 7.37. The topological polar surface area (TPSA) is 93.8 Å². The van der Waals surface area contributed by atoms with Crippen LogP contribution in [-0.4, -0.2) is 19.1 Å². The maximum atomic E-state index is 12.6. The lowest BCUT2D eigenvalue weighted by Crippen LogP contribution is -2.23. The Morgan fingerprint density at radius 3 is 1.37 bits per heavy atom. The van der Waals surface area contributed by atoms with Gasteiger partial charge in [0.05, 0.1) is 34.9 Å². The fraction of sp³-hybridized carbons (Fsp3) is 0.152. The van der Waals surface area contributed by atoms with Gasteiger partial charge in [-0.05, 0) is 66.1 Å². The van der Waals surface area contributed by atoms with Crippen LogP contribution in [0, 0.1) is 0 Å². The highest BCUT2D eigenvalue weighted by Gasteiger charge is 2.09. The van der Waals surface area contributed by atoms with Crippen molar-refractivity contribution in [2.75, 3.05) is 10.6 Å². The molecule has 0 bridgehead atoms. The van der Waals surface area contributed by atoms with Crippen LogP contribution in [0.4, 0.5) is 11.4 Å². The molecule has 2 N–H and O–H groups in total. The molecule has 0 aliphatic heterocycles. The molecule has 0 aliphatic carbocycles. The van der Waals surface area contributed by atoms with Crippen LogP contribution < -0.4 is 21.8 Å². The molecule has 2 heterocycles. The summed E-state index contributed by atoms with van der Waals surface area (Å²) in [5.74, 6) is 1.37. The Hall–Kier alpha value is -5.24. The minimum atomic E-state index is -0.0417. The van der Waals surface area contributed by atoms with Crippen molar-refractivity contribution in [1.82, 2.24) is 19.1 Å². The van der Waals surface area contributed by atoms with Gasteiger partial charge in [0.15, 0.2) is 0 Å². The first kappa shape index (κ1) is 26.0. The maximum absolute atomic E-state index is 12.6. The van der Waals surface area contributed by atoms with Crippen molar-refractivity contribution in [2.45, 2.75) is 19.5 Å². The first-order valence-electron chi connectivity index (χ1n) is 13.5. The summed E-state index contributed by atoms with van der Waals surface area (Å²) in [5, 5.41) is 8.01. The molecular weight excluding hydrogens is 512 g/mol. The molecule has 0 spiro atoms. The largest absolute Gasteiger partial charge is 0.378 e. The molecule has 0 saturated carbocycles. The van der Waals surface area contributed by atoms with E-state index in [1.807, 2.05) is 60.7 Å². The van der Waals surface area contributed by atoms with Crippen molar-refractivity contribution in [3.63, 3.8) is 0 Å². The molecule has 0 unspecified atom stereocenters. The second-order valence-corrected chi connectivity index (χ2v) is 10.1. The van der Waals surface area contributed by atoms with Crippen LogP contribution in [0.1, 0.15) is 22.8 Å². The van der Waals surface area contributed by atoms with Crippen LogP contribution >= 0.6 is 0 Å². The number of nitrogens with one attached hydrogen (secondary N) is 2. The molecule has 0 saturated heterocycles. The van der Waals surface area contributed by atoms with Gasteiger partial charge in [-0.1, -0.05) is 48.5 Å². The normalized spacial score (nSPS) is 11.2. The molecule has 0 atom stereocenters. The molecule has 8 nitrogen and oxygen atoms in total. The first-order valence-corrected chi connectivity index (χ1v) is 13.5. The van der Waals surface area contributed by atoms with Gasteiger partial charge in [0.2, 0.25) is 0 Å². The number of aromatic nitrogens is 4. The van der Waals surface area contributed by atoms with E-state index in [4.69, 9.17) is 0 Å². The Kier molecular flexibility index (Phi) is 7.04. The highest BCUT2D eigenvalue weighted by atomic mass is 16.1. The standard InChI is InChI=1S/C33H30N6O2/c1-38-30(36-28-9-5-3-7-26(28)32(38)40)20-34-24-15-11-22(12-16-24)19-23-13-17-25(18-14-23)35-21-31-37-29-10-6-4-8-27(29)33(41)39(31)2/h3-18,34-35H,19-21H2,1-2H3. The summed E-state index contributed by atoms with van der Waals surface area (Å²) in [7, 11) is 3.51. The van der Waals surface area contributed by atoms with Crippen LogP contribution in [0.25, 0.3) is 21.8 Å². The van der Waals surface area contributed by atoms with Crippen LogP contribution in [0.2, 0.25) is 0 Å². The summed E-state index contributed by atoms with van der Waals surface area (Å²) in [4.78, 5) is 34.6. The minimum absolute atomic E-state index is 0.0417. The zero-order valence-corrected chi connectivity index (χ0v) is 23.0. The van der Waals surface area contributed by atoms with Crippen molar-refractivity contribution in [2.24, 2.45) is 14.1 Å². The van der Waals surface area contributed by atoms with E-state index >= 15 is 0 Å². The molecule has 0 fully saturated rings. The van der Waals surface area contributed by atoms with E-state index < -0.39 is 0 Å². The van der Waals surface area contributed by atoms with Crippen LogP contribution in [0.5, 0.6) is 0 Å². The molecule has 6 aromatic rings. The predicted molar refractivity (Wildman–Crippen MR) is 164 cm³/mol. The Bertz CT molecular complexity index is 1830. The molecule has 0 radical (unpaired) electrons. The van der Waals surface area contributed by atoms with E-state index in [2.05, 4.69) is 44.9 Å². The van der Waals surface area contributed by atoms with E-state index in [0.29, 0.717) is 46.5 Å². The van der Waals surface area contributed by atoms with E-state index in [9.17, 15) is 9.59 Å². The molecular formula is C33H30N6O2. The van der Waals surface area contributed by atoms with Crippen molar-refractivity contribution >= 4 is 33.2 Å². The lowest BCUT2D eigenvalue weighted by molar-refractivity contribution is 0.756. The molecule has 2 aromatic heterocycles. The summed E-state index contributed by atoms with van der Waals surface area (Å²) in [5.41, 5.74) is 5.66. The third-order valence-corrected chi connectivity index (χ3v) is 7.37. The monoisotopic (exact) mass is 542 g/mol. The van der Waals surface area contributed by atoms with Gasteiger partial charge in [-0.15, -0.1) is 0 Å². The lowest BCUT2D eigenvalue weighted by Gasteiger charge is -2.12. The quantitative estimate of drug-likeness (QED) is 0.281. The number of anilines is 2. The number of rotatable bonds is 8. The molecule has 4 aromatic carbocycles. The van der Waals surface area contributed by atoms with Gasteiger partial charge < -0.3 is 10.6 Å². The summed E-state index contributed by atoms with van der Waals surface area (Å²) >= 11 is 0. The molecule has 6 rings (SSSR count). The van der Waals surface area contributed by atoms with Crippen LogP contribution in [-0.2, 0) is 33.6 Å². The second kappa shape index (κ2) is 11.1. The van der Waals surface area contributed by atoms with Gasteiger partial charge in [0.1, 0.15) is 11.6 Å². The van der Waals surface area contributed by atoms with Crippen LogP contribution in [0.15, 0.2) is 107 Å². The van der Waals surface area contributed by atoms with Gasteiger partial charge in [0, 0.05) is 25.5 Å². The summed E-state index contributed by atoms with van der Waals surface area (Å²) in [6.07, 6.45) is 0.808. The van der Waals surface area contributed by atoms with E-state index in [1.165, 1.54) is 11.1 Å². The summed E-state index contributed by atoms with van der Waals surface area (Å²) < 4.78 is 3.20. The van der Waals surface area contributed by atoms with Gasteiger partial charge in [-0.25, -0.2) is 9.97 Å². The van der Waals surface area contributed by atoms with Gasteiger partial charge in [-0.3, -0.25) is 18.7 Å². The zero-order chi connectivity index (χ0) is 28.3. The van der Waals surface area contributed by atoms with Gasteiger partial charge >= 0.3 is 0 Å². The average Bonchev–Trinajstić information content (AvgIpc) is 3.01. The molecule has 8 heteroatoms. The van der Waals surface area contributed by atoms with E-state index in [0.717, 1.165) is 17.8 Å². The van der Waals surface area contributed by atoms with Crippen molar-refractivity contribution in [1.29, 1.82) is 0 Å². The highest BCUT2D eigenvalue weighted by molar-refractivity contribution is 5.78. The first-order chi connectivity index (χ1) is 20.0. The molecule has 0 amide bonds. The van der Waals surface area contributed by atoms with Crippen LogP contribution in [0.3, 0.4) is 0 Å². The summed E-state index contributed by atoms with van der Waals surface area (Å²) in [6.45, 7) is 0.903. The number of hydrogen-bond donors (Lipinski definition) is 2. The summed E-state index contributed by atoms with van der Waals surface area (Å²) in [6, 6.07) is 31.4. The lowest BCUT2D eigenvalue weighted by atomic mass is 10.0. The Morgan fingerprint density at radius 2 is 0.951 bits per heavy atom. The highest BCUT2D eigenvalue weighted by Crippen LogP contribution is 2.17. The number of benzene rings is 4. The number of hydrogen-bond acceptors (Lipinski definition) is 6. The van der Waals surface area contributed by atoms with Crippen molar-refractivity contribution in [3.05, 3.63) is 141 Å². The Morgan fingerprint density at radius 1 is 0.561 bits per heavy atom. The molecule has 0 aliphatic rings. The van der Waals surface area contributed by atoms with Gasteiger partial charge in [0.25, 0.3) is 11.1 Å². The van der Waals surface area contributed by atoms with E-state index in [-0.39, 0.29) is 11.1 Å². The fourth-order valence-corrected chi connectivity index (χ4v) is 4.92. The fourth-order valence-electron chi connectivity index (χ4n) is 4.92. The number of fused-ring (bicyclic) bond motifs is 2. The van der Waals surface area contributed by atoms with Crippen molar-refractivity contribution < 1.29 is 0 Å². The number of para-hydroxylation sites is 2. The second-order valence-electron chi connectivity index (χ2n) is 10.1. The SMILES string of the molecule is Cn1c(CNc2ccc(Cc3ccc(NCc4nc5ccccc5c(=O)n4C)cc3)cc2)nc2ccccc2c1=O. The van der Waals surface area contributed by atoms with Gasteiger partial charge in [-0.2, -0.15) is 0 Å². The zero-order valence-electron chi connectivity index (χ0n) is 23.0. The smallest absolute Gasteiger partial charge is 0.261 e. The Balaban J connectivity index is 1.06. The average molecular weight is 543 g/mol. The predicted octanol–water partition coefficient (Wildman–Crippen LogP) is 5.00. The third kappa shape index (κ3) is 5.45. The van der Waals surface area contributed by atoms with E-state index in [1.54, 1.807) is 35.4 Å². The Labute approximate surface area is 237 Å². The molecule has 204 valence electrons. The maximum Gasteiger partial charge on any atom is 0.261 e. The minimum Gasteiger partial charge on any atom is -0.378 e. The van der Waals surface area contributed by atoms with Crippen molar-refractivity contribution in [3.8, 4) is 0 Å².